The molecule has 20 heavy (non-hydrogen) atoms. The molecule has 2 aliphatic rings. The third kappa shape index (κ3) is 2.37. The molecule has 0 saturated heterocycles. The van der Waals surface area contributed by atoms with Crippen LogP contribution in [-0.2, 0) is 4.74 Å². The molecule has 1 unspecified atom stereocenters. The predicted octanol–water partition coefficient (Wildman–Crippen LogP) is 1.18. The minimum Gasteiger partial charge on any atom is -0.508 e. The fourth-order valence-corrected chi connectivity index (χ4v) is 2.72. The van der Waals surface area contributed by atoms with Gasteiger partial charge < -0.3 is 15.2 Å². The summed E-state index contributed by atoms with van der Waals surface area (Å²) >= 11 is 0. The van der Waals surface area contributed by atoms with E-state index in [2.05, 4.69) is 17.5 Å². The first-order chi connectivity index (χ1) is 9.79. The van der Waals surface area contributed by atoms with Crippen molar-refractivity contribution in [1.29, 1.82) is 0 Å². The Morgan fingerprint density at radius 1 is 1.25 bits per heavy atom. The van der Waals surface area contributed by atoms with Gasteiger partial charge in [0.1, 0.15) is 17.6 Å². The second kappa shape index (κ2) is 5.55. The molecule has 1 aliphatic carbocycles. The van der Waals surface area contributed by atoms with Crippen LogP contribution in [0.15, 0.2) is 42.5 Å². The van der Waals surface area contributed by atoms with E-state index in [0.29, 0.717) is 0 Å². The normalized spacial score (nSPS) is 19.6. The van der Waals surface area contributed by atoms with E-state index in [-0.39, 0.29) is 11.9 Å². The molecule has 104 valence electrons. The molecule has 0 saturated carbocycles. The first-order valence-corrected chi connectivity index (χ1v) is 7.02. The highest BCUT2D eigenvalue weighted by molar-refractivity contribution is 5.69. The summed E-state index contributed by atoms with van der Waals surface area (Å²) in [5.41, 5.74) is 1.17. The van der Waals surface area contributed by atoms with E-state index in [1.807, 2.05) is 25.3 Å². The lowest BCUT2D eigenvalue weighted by molar-refractivity contribution is 0.242. The van der Waals surface area contributed by atoms with Crippen LogP contribution in [0.4, 0.5) is 0 Å². The molecule has 0 bridgehead atoms. The monoisotopic (exact) mass is 269 g/mol. The summed E-state index contributed by atoms with van der Waals surface area (Å²) in [6, 6.07) is 5.53. The SMILES string of the molecule is CNCCCC1=c2cc(O)ccc2=C2C=CC=CC2O1. The number of phenols is 1. The largest absolute Gasteiger partial charge is 0.508 e. The minimum absolute atomic E-state index is 0.00151. The maximum absolute atomic E-state index is 9.75. The van der Waals surface area contributed by atoms with Gasteiger partial charge >= 0.3 is 0 Å². The lowest BCUT2D eigenvalue weighted by Crippen LogP contribution is -2.38. The molecule has 3 nitrogen and oxygen atoms in total. The highest BCUT2D eigenvalue weighted by Gasteiger charge is 2.20. The van der Waals surface area contributed by atoms with Crippen molar-refractivity contribution in [3.63, 3.8) is 0 Å². The molecular formula is C17H19NO2. The van der Waals surface area contributed by atoms with Crippen LogP contribution in [0.3, 0.4) is 0 Å². The van der Waals surface area contributed by atoms with Crippen molar-refractivity contribution in [2.75, 3.05) is 13.6 Å². The maximum Gasteiger partial charge on any atom is 0.142 e. The Hall–Kier alpha value is -2.00. The van der Waals surface area contributed by atoms with Crippen molar-refractivity contribution in [2.24, 2.45) is 0 Å². The zero-order valence-electron chi connectivity index (χ0n) is 11.6. The molecule has 0 radical (unpaired) electrons. The Balaban J connectivity index is 2.13. The van der Waals surface area contributed by atoms with Crippen molar-refractivity contribution < 1.29 is 9.84 Å². The Bertz CT molecular complexity index is 685. The van der Waals surface area contributed by atoms with E-state index in [4.69, 9.17) is 4.74 Å². The van der Waals surface area contributed by atoms with E-state index >= 15 is 0 Å². The van der Waals surface area contributed by atoms with Crippen LogP contribution in [0.25, 0.3) is 11.3 Å². The smallest absolute Gasteiger partial charge is 0.142 e. The number of phenolic OH excluding ortho intramolecular Hbond substituents is 1. The van der Waals surface area contributed by atoms with Crippen molar-refractivity contribution in [2.45, 2.75) is 18.9 Å². The summed E-state index contributed by atoms with van der Waals surface area (Å²) in [7, 11) is 1.95. The predicted molar refractivity (Wildman–Crippen MR) is 80.5 cm³/mol. The number of aromatic hydroxyl groups is 1. The molecule has 1 aromatic rings. The van der Waals surface area contributed by atoms with Crippen molar-refractivity contribution in [1.82, 2.24) is 5.32 Å². The van der Waals surface area contributed by atoms with Gasteiger partial charge in [-0.1, -0.05) is 24.3 Å². The summed E-state index contributed by atoms with van der Waals surface area (Å²) in [5, 5.41) is 15.1. The Morgan fingerprint density at radius 3 is 3.00 bits per heavy atom. The Labute approximate surface area is 118 Å². The second-order valence-corrected chi connectivity index (χ2v) is 5.10. The van der Waals surface area contributed by atoms with Crippen LogP contribution in [0.5, 0.6) is 5.75 Å². The Kier molecular flexibility index (Phi) is 3.61. The van der Waals surface area contributed by atoms with Gasteiger partial charge in [0.2, 0.25) is 0 Å². The van der Waals surface area contributed by atoms with E-state index in [9.17, 15) is 5.11 Å². The van der Waals surface area contributed by atoms with Gasteiger partial charge in [-0.15, -0.1) is 0 Å². The average molecular weight is 269 g/mol. The summed E-state index contributed by atoms with van der Waals surface area (Å²) in [6.45, 7) is 0.956. The molecular weight excluding hydrogens is 250 g/mol. The molecule has 2 N–H and O–H groups in total. The number of ether oxygens (including phenoxy) is 1. The van der Waals surface area contributed by atoms with Gasteiger partial charge in [0.05, 0.1) is 0 Å². The molecule has 1 aromatic carbocycles. The summed E-state index contributed by atoms with van der Waals surface area (Å²) in [4.78, 5) is 0. The second-order valence-electron chi connectivity index (χ2n) is 5.10. The lowest BCUT2D eigenvalue weighted by Gasteiger charge is -2.25. The van der Waals surface area contributed by atoms with E-state index < -0.39 is 0 Å². The molecule has 0 aromatic heterocycles. The molecule has 1 aliphatic heterocycles. The van der Waals surface area contributed by atoms with Gasteiger partial charge in [-0.2, -0.15) is 0 Å². The molecule has 0 amide bonds. The highest BCUT2D eigenvalue weighted by Crippen LogP contribution is 2.23. The Morgan fingerprint density at radius 2 is 2.15 bits per heavy atom. The maximum atomic E-state index is 9.75. The molecule has 3 heteroatoms. The quantitative estimate of drug-likeness (QED) is 0.806. The zero-order valence-corrected chi connectivity index (χ0v) is 11.6. The molecule has 3 rings (SSSR count). The van der Waals surface area contributed by atoms with Crippen LogP contribution in [-0.4, -0.2) is 24.8 Å². The fourth-order valence-electron chi connectivity index (χ4n) is 2.72. The first kappa shape index (κ1) is 13.0. The number of rotatable bonds is 4. The van der Waals surface area contributed by atoms with Crippen molar-refractivity contribution in [3.8, 4) is 5.75 Å². The summed E-state index contributed by atoms with van der Waals surface area (Å²) < 4.78 is 6.12. The summed E-state index contributed by atoms with van der Waals surface area (Å²) in [5.74, 6) is 1.26. The van der Waals surface area contributed by atoms with Crippen LogP contribution in [0, 0.1) is 0 Å². The van der Waals surface area contributed by atoms with Crippen LogP contribution < -0.4 is 15.8 Å². The number of benzene rings is 1. The van der Waals surface area contributed by atoms with Crippen LogP contribution >= 0.6 is 0 Å². The molecule has 0 fully saturated rings. The number of fused-ring (bicyclic) bond motifs is 2. The van der Waals surface area contributed by atoms with Crippen molar-refractivity contribution in [3.05, 3.63) is 52.9 Å². The first-order valence-electron chi connectivity index (χ1n) is 7.02. The summed E-state index contributed by atoms with van der Waals surface area (Å²) in [6.07, 6.45) is 10.1. The van der Waals surface area contributed by atoms with Crippen LogP contribution in [0.1, 0.15) is 12.8 Å². The van der Waals surface area contributed by atoms with Gasteiger partial charge in [0, 0.05) is 17.2 Å². The van der Waals surface area contributed by atoms with E-state index in [1.54, 1.807) is 12.1 Å². The van der Waals surface area contributed by atoms with E-state index in [0.717, 1.165) is 30.4 Å². The van der Waals surface area contributed by atoms with Crippen molar-refractivity contribution >= 4 is 11.3 Å². The van der Waals surface area contributed by atoms with Gasteiger partial charge in [0.15, 0.2) is 0 Å². The van der Waals surface area contributed by atoms with Gasteiger partial charge in [-0.3, -0.25) is 0 Å². The lowest BCUT2D eigenvalue weighted by atomic mass is 9.97. The third-order valence-electron chi connectivity index (χ3n) is 3.69. The number of hydrogen-bond donors (Lipinski definition) is 2. The van der Waals surface area contributed by atoms with Crippen LogP contribution in [0.2, 0.25) is 0 Å². The third-order valence-corrected chi connectivity index (χ3v) is 3.69. The standard InChI is InChI=1S/C17H19NO2/c1-18-10-4-7-17-15-11-12(19)8-9-13(15)14-5-2-3-6-16(14)20-17/h2-3,5-6,8-9,11,16,18-19H,4,7,10H2,1H3. The number of allylic oxidation sites excluding steroid dienone is 2. The average Bonchev–Trinajstić information content (AvgIpc) is 2.47. The number of hydrogen-bond acceptors (Lipinski definition) is 3. The highest BCUT2D eigenvalue weighted by atomic mass is 16.5. The van der Waals surface area contributed by atoms with E-state index in [1.165, 1.54) is 10.8 Å². The minimum atomic E-state index is 0.00151. The molecule has 1 atom stereocenters. The van der Waals surface area contributed by atoms with Gasteiger partial charge in [0.25, 0.3) is 0 Å². The number of nitrogens with one attached hydrogen (secondary N) is 1. The topological polar surface area (TPSA) is 41.5 Å². The van der Waals surface area contributed by atoms with Gasteiger partial charge in [-0.05, 0) is 43.4 Å². The molecule has 0 spiro atoms. The van der Waals surface area contributed by atoms with Gasteiger partial charge in [-0.25, -0.2) is 0 Å². The fraction of sp³-hybridized carbons (Fsp3) is 0.294. The molecule has 1 heterocycles. The zero-order chi connectivity index (χ0) is 13.9.